The van der Waals surface area contributed by atoms with Gasteiger partial charge in [0.25, 0.3) is 0 Å². The minimum absolute atomic E-state index is 1.01. The van der Waals surface area contributed by atoms with Crippen molar-refractivity contribution in [2.75, 3.05) is 0 Å². The highest BCUT2D eigenvalue weighted by atomic mass is 15.0. The summed E-state index contributed by atoms with van der Waals surface area (Å²) in [7, 11) is 0. The maximum atomic E-state index is 2.50. The zero-order chi connectivity index (χ0) is 33.0. The summed E-state index contributed by atoms with van der Waals surface area (Å²) in [6.07, 6.45) is 22.7. The fourth-order valence-corrected chi connectivity index (χ4v) is 8.58. The second kappa shape index (κ2) is 11.9. The lowest BCUT2D eigenvalue weighted by atomic mass is 9.90. The molecule has 2 aromatic heterocycles. The van der Waals surface area contributed by atoms with Crippen molar-refractivity contribution in [1.29, 1.82) is 0 Å². The summed E-state index contributed by atoms with van der Waals surface area (Å²) in [4.78, 5) is 0. The van der Waals surface area contributed by atoms with Crippen LogP contribution >= 0.6 is 0 Å². The molecule has 2 heteroatoms. The number of hydrogen-bond acceptors (Lipinski definition) is 0. The molecule has 0 atom stereocenters. The molecule has 0 radical (unpaired) electrons. The molecule has 3 aliphatic rings. The normalized spacial score (nSPS) is 16.4. The first-order valence-corrected chi connectivity index (χ1v) is 18.1. The number of fused-ring (bicyclic) bond motifs is 6. The summed E-state index contributed by atoms with van der Waals surface area (Å²) < 4.78 is 4.99. The van der Waals surface area contributed by atoms with Crippen molar-refractivity contribution in [3.8, 4) is 11.1 Å². The van der Waals surface area contributed by atoms with E-state index in [9.17, 15) is 0 Å². The molecule has 0 amide bonds. The molecule has 5 aromatic carbocycles. The molecule has 0 N–H and O–H groups in total. The van der Waals surface area contributed by atoms with Gasteiger partial charge in [0.2, 0.25) is 0 Å². The van der Waals surface area contributed by atoms with E-state index in [0.29, 0.717) is 0 Å². The van der Waals surface area contributed by atoms with Gasteiger partial charge in [0, 0.05) is 32.9 Å². The van der Waals surface area contributed by atoms with E-state index in [1.54, 1.807) is 0 Å². The van der Waals surface area contributed by atoms with Crippen molar-refractivity contribution >= 4 is 60.6 Å². The van der Waals surface area contributed by atoms with Crippen LogP contribution in [0.15, 0.2) is 169 Å². The number of aromatic nitrogens is 2. The first kappa shape index (κ1) is 29.1. The van der Waals surface area contributed by atoms with Crippen molar-refractivity contribution < 1.29 is 0 Å². The van der Waals surface area contributed by atoms with Gasteiger partial charge in [-0.25, -0.2) is 0 Å². The molecule has 10 rings (SSSR count). The summed E-state index contributed by atoms with van der Waals surface area (Å²) >= 11 is 0. The van der Waals surface area contributed by atoms with Gasteiger partial charge in [0.05, 0.1) is 22.1 Å². The van der Waals surface area contributed by atoms with E-state index in [0.717, 1.165) is 38.5 Å². The number of hydrogen-bond donors (Lipinski definition) is 0. The third-order valence-electron chi connectivity index (χ3n) is 11.1. The second-order valence-corrected chi connectivity index (χ2v) is 13.9. The van der Waals surface area contributed by atoms with Gasteiger partial charge < -0.3 is 9.13 Å². The highest BCUT2D eigenvalue weighted by Gasteiger charge is 2.20. The van der Waals surface area contributed by atoms with Crippen LogP contribution < -0.4 is 0 Å². The van der Waals surface area contributed by atoms with Crippen LogP contribution in [0.4, 0.5) is 0 Å². The van der Waals surface area contributed by atoms with Crippen LogP contribution in [0.1, 0.15) is 44.1 Å². The molecular weight excluding hydrogens is 605 g/mol. The Balaban J connectivity index is 1.06. The van der Waals surface area contributed by atoms with Crippen LogP contribution in [0.3, 0.4) is 0 Å². The number of benzene rings is 5. The van der Waals surface area contributed by atoms with E-state index >= 15 is 0 Å². The number of nitrogens with zero attached hydrogens (tertiary/aromatic N) is 2. The van der Waals surface area contributed by atoms with Crippen molar-refractivity contribution in [3.63, 3.8) is 0 Å². The molecule has 3 aliphatic carbocycles. The highest BCUT2D eigenvalue weighted by Crippen LogP contribution is 2.41. The monoisotopic (exact) mass is 642 g/mol. The van der Waals surface area contributed by atoms with E-state index in [2.05, 4.69) is 167 Å². The Labute approximate surface area is 293 Å². The minimum Gasteiger partial charge on any atom is -0.313 e. The molecule has 0 aliphatic heterocycles. The zero-order valence-corrected chi connectivity index (χ0v) is 28.1. The van der Waals surface area contributed by atoms with Gasteiger partial charge in [-0.2, -0.15) is 0 Å². The van der Waals surface area contributed by atoms with Crippen LogP contribution in [0, 0.1) is 0 Å². The van der Waals surface area contributed by atoms with Crippen LogP contribution in [-0.4, -0.2) is 9.13 Å². The average Bonchev–Trinajstić information content (AvgIpc) is 3.71. The smallest absolute Gasteiger partial charge is 0.0538 e. The van der Waals surface area contributed by atoms with Crippen LogP contribution in [0.25, 0.3) is 71.7 Å². The summed E-state index contributed by atoms with van der Waals surface area (Å²) in [5, 5.41) is 5.23. The SMILES string of the molecule is C1=CCCC(C2=CC=C(n3c4ccccc4c4cc(-c5ccc6c(c5)c5ccccc5n6C5=CC=C(c6ccccc6)CC5)ccc43)CC2)=C1. The molecule has 0 bridgehead atoms. The lowest BCUT2D eigenvalue weighted by Crippen LogP contribution is -2.03. The molecule has 0 fully saturated rings. The Morgan fingerprint density at radius 1 is 0.360 bits per heavy atom. The first-order valence-electron chi connectivity index (χ1n) is 18.1. The highest BCUT2D eigenvalue weighted by molar-refractivity contribution is 6.13. The quantitative estimate of drug-likeness (QED) is 0.177. The maximum Gasteiger partial charge on any atom is 0.0538 e. The van der Waals surface area contributed by atoms with E-state index in [1.165, 1.54) is 88.4 Å². The predicted molar refractivity (Wildman–Crippen MR) is 214 cm³/mol. The summed E-state index contributed by atoms with van der Waals surface area (Å²) in [6.45, 7) is 0. The largest absolute Gasteiger partial charge is 0.313 e. The Bertz CT molecular complexity index is 2680. The third kappa shape index (κ3) is 4.78. The number of rotatable bonds is 5. The van der Waals surface area contributed by atoms with Gasteiger partial charge in [-0.15, -0.1) is 0 Å². The number of allylic oxidation sites excluding steroid dienone is 12. The standard InChI is InChI=1S/C48H38N2/c1-3-11-33(12-4-1)35-19-25-39(26-20-35)49-45-17-9-7-15-41(45)43-31-37(23-29-47(43)49)38-24-30-48-44(32-38)42-16-8-10-18-46(42)50(48)40-27-21-36(22-28-40)34-13-5-2-6-14-34/h1-5,7-13,15-19,21,23-25,27,29-32H,6,14,20,22,26,28H2. The van der Waals surface area contributed by atoms with Gasteiger partial charge in [-0.05, 0) is 120 Å². The van der Waals surface area contributed by atoms with E-state index < -0.39 is 0 Å². The van der Waals surface area contributed by atoms with E-state index in [1.807, 2.05) is 0 Å². The predicted octanol–water partition coefficient (Wildman–Crippen LogP) is 13.1. The average molecular weight is 643 g/mol. The molecule has 2 heterocycles. The summed E-state index contributed by atoms with van der Waals surface area (Å²) in [6, 6.07) is 42.7. The maximum absolute atomic E-state index is 2.50. The second-order valence-electron chi connectivity index (χ2n) is 13.9. The van der Waals surface area contributed by atoms with Gasteiger partial charge >= 0.3 is 0 Å². The lowest BCUT2D eigenvalue weighted by Gasteiger charge is -2.20. The van der Waals surface area contributed by atoms with E-state index in [4.69, 9.17) is 0 Å². The van der Waals surface area contributed by atoms with E-state index in [-0.39, 0.29) is 0 Å². The molecule has 50 heavy (non-hydrogen) atoms. The Morgan fingerprint density at radius 3 is 1.42 bits per heavy atom. The lowest BCUT2D eigenvalue weighted by molar-refractivity contribution is 0.885. The molecule has 0 spiro atoms. The van der Waals surface area contributed by atoms with Crippen LogP contribution in [0.2, 0.25) is 0 Å². The molecule has 0 unspecified atom stereocenters. The van der Waals surface area contributed by atoms with Crippen LogP contribution in [0.5, 0.6) is 0 Å². The third-order valence-corrected chi connectivity index (χ3v) is 11.1. The van der Waals surface area contributed by atoms with Crippen molar-refractivity contribution in [2.45, 2.75) is 38.5 Å². The van der Waals surface area contributed by atoms with Crippen LogP contribution in [-0.2, 0) is 0 Å². The molecular formula is C48H38N2. The molecule has 2 nitrogen and oxygen atoms in total. The zero-order valence-electron chi connectivity index (χ0n) is 28.1. The number of para-hydroxylation sites is 2. The van der Waals surface area contributed by atoms with Crippen molar-refractivity contribution in [3.05, 3.63) is 175 Å². The fraction of sp³-hybridized carbons (Fsp3) is 0.125. The Kier molecular flexibility index (Phi) is 6.94. The Morgan fingerprint density at radius 2 is 0.880 bits per heavy atom. The Hall–Kier alpha value is -5.86. The molecule has 7 aromatic rings. The first-order chi connectivity index (χ1) is 24.8. The van der Waals surface area contributed by atoms with Gasteiger partial charge in [-0.3, -0.25) is 0 Å². The topological polar surface area (TPSA) is 9.86 Å². The molecule has 240 valence electrons. The van der Waals surface area contributed by atoms with Gasteiger partial charge in [-0.1, -0.05) is 109 Å². The van der Waals surface area contributed by atoms with Crippen molar-refractivity contribution in [1.82, 2.24) is 9.13 Å². The summed E-state index contributed by atoms with van der Waals surface area (Å²) in [5.74, 6) is 0. The van der Waals surface area contributed by atoms with Crippen molar-refractivity contribution in [2.24, 2.45) is 0 Å². The molecule has 0 saturated carbocycles. The summed E-state index contributed by atoms with van der Waals surface area (Å²) in [5.41, 5.74) is 16.1. The fourth-order valence-electron chi connectivity index (χ4n) is 8.58. The van der Waals surface area contributed by atoms with Gasteiger partial charge in [0.1, 0.15) is 0 Å². The van der Waals surface area contributed by atoms with Gasteiger partial charge in [0.15, 0.2) is 0 Å². The minimum atomic E-state index is 1.01. The molecule has 0 saturated heterocycles.